The van der Waals surface area contributed by atoms with Gasteiger partial charge < -0.3 is 25.4 Å². The van der Waals surface area contributed by atoms with Crippen LogP contribution in [0.5, 0.6) is 0 Å². The smallest absolute Gasteiger partial charge is 0.475 e. The van der Waals surface area contributed by atoms with Crippen molar-refractivity contribution in [1.82, 2.24) is 25.7 Å². The van der Waals surface area contributed by atoms with Crippen LogP contribution in [-0.4, -0.2) is 79.7 Å². The van der Waals surface area contributed by atoms with Crippen LogP contribution in [0.1, 0.15) is 40.9 Å². The molecular formula is C31H31F6N5O7. The van der Waals surface area contributed by atoms with E-state index in [-0.39, 0.29) is 12.3 Å². The lowest BCUT2D eigenvalue weighted by Crippen LogP contribution is -2.56. The largest absolute Gasteiger partial charge is 0.490 e. The molecule has 0 spiro atoms. The maximum Gasteiger partial charge on any atom is 0.490 e. The molecule has 0 bridgehead atoms. The lowest BCUT2D eigenvalue weighted by molar-refractivity contribution is -0.193. The first-order valence-corrected chi connectivity index (χ1v) is 14.4. The molecule has 2 aromatic carbocycles. The van der Waals surface area contributed by atoms with Gasteiger partial charge in [0.05, 0.1) is 17.5 Å². The molecular weight excluding hydrogens is 668 g/mol. The topological polar surface area (TPSA) is 183 Å². The monoisotopic (exact) mass is 699 g/mol. The number of aromatic nitrogens is 2. The zero-order valence-electron chi connectivity index (χ0n) is 25.7. The van der Waals surface area contributed by atoms with Crippen LogP contribution in [0.2, 0.25) is 0 Å². The summed E-state index contributed by atoms with van der Waals surface area (Å²) in [7, 11) is 0. The third-order valence-corrected chi connectivity index (χ3v) is 7.35. The van der Waals surface area contributed by atoms with E-state index in [9.17, 15) is 35.9 Å². The Bertz CT molecular complexity index is 1790. The Balaban J connectivity index is 0.000000392. The molecule has 0 saturated carbocycles. The minimum atomic E-state index is -5.08. The molecule has 0 unspecified atom stereocenters. The highest BCUT2D eigenvalue weighted by atomic mass is 19.4. The third-order valence-electron chi connectivity index (χ3n) is 7.35. The molecule has 2 aromatic heterocycles. The highest BCUT2D eigenvalue weighted by molar-refractivity contribution is 5.99. The Hall–Kier alpha value is -5.23. The lowest BCUT2D eigenvalue weighted by atomic mass is 9.84. The number of hydrogen-bond acceptors (Lipinski definition) is 7. The van der Waals surface area contributed by atoms with Gasteiger partial charge in [-0.2, -0.15) is 26.3 Å². The summed E-state index contributed by atoms with van der Waals surface area (Å²) in [5.41, 5.74) is 5.76. The number of carboxylic acid groups (broad SMARTS) is 2. The Kier molecular flexibility index (Phi) is 12.3. The van der Waals surface area contributed by atoms with Crippen molar-refractivity contribution in [3.63, 3.8) is 0 Å². The summed E-state index contributed by atoms with van der Waals surface area (Å²) in [4.78, 5) is 47.5. The number of carboxylic acids is 2. The summed E-state index contributed by atoms with van der Waals surface area (Å²) in [5, 5.41) is 31.7. The molecule has 2 amide bonds. The maximum atomic E-state index is 13.2. The van der Waals surface area contributed by atoms with Crippen LogP contribution in [0.4, 0.5) is 26.3 Å². The summed E-state index contributed by atoms with van der Waals surface area (Å²) < 4.78 is 65.7. The van der Waals surface area contributed by atoms with Gasteiger partial charge in [-0.05, 0) is 74.8 Å². The van der Waals surface area contributed by atoms with Gasteiger partial charge in [-0.25, -0.2) is 15.1 Å². The van der Waals surface area contributed by atoms with Gasteiger partial charge in [-0.1, -0.05) is 18.2 Å². The van der Waals surface area contributed by atoms with Crippen molar-refractivity contribution in [2.45, 2.75) is 50.6 Å². The fourth-order valence-corrected chi connectivity index (χ4v) is 5.10. The number of aliphatic carboxylic acids is 2. The quantitative estimate of drug-likeness (QED) is 0.0955. The van der Waals surface area contributed by atoms with Crippen LogP contribution in [0.3, 0.4) is 0 Å². The molecule has 18 heteroatoms. The fourth-order valence-electron chi connectivity index (χ4n) is 5.10. The van der Waals surface area contributed by atoms with E-state index in [1.54, 1.807) is 5.48 Å². The van der Waals surface area contributed by atoms with Gasteiger partial charge in [0.25, 0.3) is 5.91 Å². The van der Waals surface area contributed by atoms with Crippen molar-refractivity contribution in [2.75, 3.05) is 13.1 Å². The highest BCUT2D eigenvalue weighted by Gasteiger charge is 2.39. The summed E-state index contributed by atoms with van der Waals surface area (Å²) in [6.45, 7) is 4.10. The van der Waals surface area contributed by atoms with Crippen molar-refractivity contribution >= 4 is 45.6 Å². The van der Waals surface area contributed by atoms with Gasteiger partial charge in [-0.15, -0.1) is 0 Å². The second kappa shape index (κ2) is 15.8. The first-order chi connectivity index (χ1) is 22.8. The predicted octanol–water partition coefficient (Wildman–Crippen LogP) is 4.56. The molecule has 49 heavy (non-hydrogen) atoms. The van der Waals surface area contributed by atoms with Crippen LogP contribution in [-0.2, 0) is 20.9 Å². The summed E-state index contributed by atoms with van der Waals surface area (Å²) in [6, 6.07) is 18.0. The molecule has 264 valence electrons. The SMILES string of the molecule is Cc1cc(Cn2ccc3cc(C(=O)NC4(CC(=O)NO)CCNCC4)ccc32)c2ccccc2n1.O=C(O)C(F)(F)F.O=C(O)C(F)(F)F. The Labute approximate surface area is 273 Å². The number of rotatable bonds is 6. The molecule has 0 radical (unpaired) electrons. The minimum Gasteiger partial charge on any atom is -0.475 e. The molecule has 1 fully saturated rings. The number of amides is 2. The van der Waals surface area contributed by atoms with Crippen LogP contribution >= 0.6 is 0 Å². The highest BCUT2D eigenvalue weighted by Crippen LogP contribution is 2.26. The number of carbonyl (C=O) groups is 4. The predicted molar refractivity (Wildman–Crippen MR) is 162 cm³/mol. The molecule has 0 aliphatic carbocycles. The maximum absolute atomic E-state index is 13.2. The number of carbonyl (C=O) groups excluding carboxylic acids is 2. The van der Waals surface area contributed by atoms with Crippen molar-refractivity contribution in [3.8, 4) is 0 Å². The molecule has 1 aliphatic rings. The first kappa shape index (κ1) is 38.2. The van der Waals surface area contributed by atoms with Crippen molar-refractivity contribution in [1.29, 1.82) is 0 Å². The van der Waals surface area contributed by atoms with Gasteiger partial charge in [0.2, 0.25) is 5.91 Å². The number of para-hydroxylation sites is 1. The van der Waals surface area contributed by atoms with Gasteiger partial charge in [0, 0.05) is 40.3 Å². The average molecular weight is 700 g/mol. The first-order valence-electron chi connectivity index (χ1n) is 14.4. The number of benzene rings is 2. The van der Waals surface area contributed by atoms with E-state index in [1.165, 1.54) is 5.56 Å². The number of halogens is 6. The standard InChI is InChI=1S/C27H29N5O3.2C2HF3O2/c1-18-14-21(22-4-2-3-5-23(22)29-18)17-32-13-8-19-15-20(6-7-24(19)32)26(34)30-27(16-25(33)31-35)9-11-28-12-10-27;2*3-2(4,5)1(6)7/h2-8,13-15,28,35H,9-12,16-17H2,1H3,(H,30,34)(H,31,33);2*(H,6,7). The molecule has 1 aliphatic heterocycles. The van der Waals surface area contributed by atoms with Gasteiger partial charge in [-0.3, -0.25) is 19.8 Å². The van der Waals surface area contributed by atoms with E-state index < -0.39 is 35.7 Å². The molecule has 3 heterocycles. The van der Waals surface area contributed by atoms with Gasteiger partial charge >= 0.3 is 24.3 Å². The number of alkyl halides is 6. The molecule has 0 atom stereocenters. The Morgan fingerprint density at radius 3 is 2.08 bits per heavy atom. The number of hydroxylamine groups is 1. The summed E-state index contributed by atoms with van der Waals surface area (Å²) in [6.07, 6.45) is -6.86. The van der Waals surface area contributed by atoms with Crippen LogP contribution < -0.4 is 16.1 Å². The minimum absolute atomic E-state index is 0.0366. The van der Waals surface area contributed by atoms with Gasteiger partial charge in [0.15, 0.2) is 0 Å². The van der Waals surface area contributed by atoms with E-state index >= 15 is 0 Å². The zero-order chi connectivity index (χ0) is 36.6. The van der Waals surface area contributed by atoms with E-state index in [1.807, 2.05) is 55.6 Å². The van der Waals surface area contributed by atoms with Crippen LogP contribution in [0.15, 0.2) is 60.8 Å². The Morgan fingerprint density at radius 2 is 1.51 bits per heavy atom. The second-order valence-corrected chi connectivity index (χ2v) is 11.0. The third kappa shape index (κ3) is 10.6. The van der Waals surface area contributed by atoms with E-state index in [4.69, 9.17) is 25.0 Å². The van der Waals surface area contributed by atoms with Crippen LogP contribution in [0.25, 0.3) is 21.8 Å². The fraction of sp³-hybridized carbons (Fsp3) is 0.323. The lowest BCUT2D eigenvalue weighted by Gasteiger charge is -2.37. The average Bonchev–Trinajstić information content (AvgIpc) is 3.42. The number of hydrogen-bond donors (Lipinski definition) is 6. The molecule has 6 N–H and O–H groups in total. The van der Waals surface area contributed by atoms with Gasteiger partial charge in [0.1, 0.15) is 0 Å². The molecule has 5 rings (SSSR count). The van der Waals surface area contributed by atoms with Crippen LogP contribution in [0, 0.1) is 6.92 Å². The Morgan fingerprint density at radius 1 is 0.918 bits per heavy atom. The zero-order valence-corrected chi connectivity index (χ0v) is 25.7. The number of nitrogens with zero attached hydrogens (tertiary/aromatic N) is 2. The number of fused-ring (bicyclic) bond motifs is 2. The summed E-state index contributed by atoms with van der Waals surface area (Å²) in [5.74, 6) is -6.23. The summed E-state index contributed by atoms with van der Waals surface area (Å²) >= 11 is 0. The van der Waals surface area contributed by atoms with Crippen molar-refractivity contribution in [2.24, 2.45) is 0 Å². The molecule has 1 saturated heterocycles. The normalized spacial score (nSPS) is 14.1. The van der Waals surface area contributed by atoms with Crippen molar-refractivity contribution < 1.29 is 60.9 Å². The number of piperidine rings is 1. The number of pyridine rings is 1. The number of nitrogens with one attached hydrogen (secondary N) is 3. The molecule has 12 nitrogen and oxygen atoms in total. The van der Waals surface area contributed by atoms with E-state index in [0.29, 0.717) is 38.0 Å². The van der Waals surface area contributed by atoms with E-state index in [2.05, 4.69) is 32.3 Å². The number of aryl methyl sites for hydroxylation is 1. The van der Waals surface area contributed by atoms with E-state index in [0.717, 1.165) is 27.5 Å². The van der Waals surface area contributed by atoms with Crippen molar-refractivity contribution in [3.05, 3.63) is 77.6 Å². The second-order valence-electron chi connectivity index (χ2n) is 11.0. The molecule has 4 aromatic rings.